The Morgan fingerprint density at radius 3 is 2.21 bits per heavy atom. The zero-order chi connectivity index (χ0) is 23.7. The summed E-state index contributed by atoms with van der Waals surface area (Å²) in [6.07, 6.45) is 3.49. The van der Waals surface area contributed by atoms with Crippen LogP contribution in [0.25, 0.3) is 11.1 Å². The number of hydrogen-bond donors (Lipinski definition) is 2. The van der Waals surface area contributed by atoms with Crippen LogP contribution in [0.3, 0.4) is 0 Å². The predicted octanol–water partition coefficient (Wildman–Crippen LogP) is 4.16. The van der Waals surface area contributed by atoms with E-state index in [0.717, 1.165) is 36.8 Å². The van der Waals surface area contributed by atoms with Crippen LogP contribution in [-0.2, 0) is 14.3 Å². The number of hydrogen-bond acceptors (Lipinski definition) is 4. The number of benzene rings is 2. The minimum Gasteiger partial charge on any atom is -0.481 e. The van der Waals surface area contributed by atoms with Gasteiger partial charge in [0.15, 0.2) is 0 Å². The number of ether oxygens (including phenoxy) is 1. The van der Waals surface area contributed by atoms with Crippen molar-refractivity contribution in [3.05, 3.63) is 59.7 Å². The fraction of sp³-hybridized carbons (Fsp3) is 0.444. The maximum absolute atomic E-state index is 12.9. The SMILES string of the molecule is O=C(NC1(CC(=O)N2CCC(C(=O)O)C2)CCCC1)OCC1c2ccccc2-c2ccccc21. The van der Waals surface area contributed by atoms with E-state index in [1.54, 1.807) is 4.90 Å². The van der Waals surface area contributed by atoms with Crippen LogP contribution < -0.4 is 5.32 Å². The molecule has 0 radical (unpaired) electrons. The monoisotopic (exact) mass is 462 g/mol. The minimum atomic E-state index is -0.859. The van der Waals surface area contributed by atoms with E-state index in [2.05, 4.69) is 29.6 Å². The van der Waals surface area contributed by atoms with Gasteiger partial charge >= 0.3 is 12.1 Å². The molecular weight excluding hydrogens is 432 g/mol. The quantitative estimate of drug-likeness (QED) is 0.672. The molecule has 0 bridgehead atoms. The number of likely N-dealkylation sites (tertiary alicyclic amines) is 1. The van der Waals surface area contributed by atoms with Crippen LogP contribution in [0.5, 0.6) is 0 Å². The highest BCUT2D eigenvalue weighted by Crippen LogP contribution is 2.44. The Morgan fingerprint density at radius 1 is 1.00 bits per heavy atom. The summed E-state index contributed by atoms with van der Waals surface area (Å²) >= 11 is 0. The molecule has 1 saturated heterocycles. The van der Waals surface area contributed by atoms with Gasteiger partial charge in [-0.2, -0.15) is 0 Å². The maximum atomic E-state index is 12.9. The van der Waals surface area contributed by atoms with E-state index >= 15 is 0 Å². The molecule has 1 aliphatic heterocycles. The minimum absolute atomic E-state index is 0.0168. The number of rotatable bonds is 6. The first-order valence-electron chi connectivity index (χ1n) is 12.1. The fourth-order valence-electron chi connectivity index (χ4n) is 5.84. The van der Waals surface area contributed by atoms with Crippen LogP contribution in [0.2, 0.25) is 0 Å². The van der Waals surface area contributed by atoms with Crippen molar-refractivity contribution in [1.29, 1.82) is 0 Å². The zero-order valence-corrected chi connectivity index (χ0v) is 19.2. The Bertz CT molecular complexity index is 1060. The van der Waals surface area contributed by atoms with Crippen LogP contribution in [-0.4, -0.2) is 53.2 Å². The number of carbonyl (C=O) groups is 3. The molecule has 1 atom stereocenters. The standard InChI is InChI=1S/C27H30N2O5/c30-24(29-14-11-18(16-29)25(31)32)15-27(12-5-6-13-27)28-26(33)34-17-23-21-9-3-1-7-19(21)20-8-2-4-10-22(20)23/h1-4,7-10,18,23H,5-6,11-17H2,(H,28,33)(H,31,32). The molecular formula is C27H30N2O5. The molecule has 2 aromatic carbocycles. The van der Waals surface area contributed by atoms with Crippen LogP contribution in [0, 0.1) is 5.92 Å². The molecule has 1 unspecified atom stereocenters. The fourth-order valence-corrected chi connectivity index (χ4v) is 5.84. The van der Waals surface area contributed by atoms with Crippen molar-refractivity contribution in [2.75, 3.05) is 19.7 Å². The molecule has 1 saturated carbocycles. The number of alkyl carbamates (subject to hydrolysis) is 1. The Kier molecular flexibility index (Phi) is 6.02. The summed E-state index contributed by atoms with van der Waals surface area (Å²) in [4.78, 5) is 38.7. The zero-order valence-electron chi connectivity index (χ0n) is 19.2. The van der Waals surface area contributed by atoms with Crippen molar-refractivity contribution in [3.63, 3.8) is 0 Å². The summed E-state index contributed by atoms with van der Waals surface area (Å²) < 4.78 is 5.73. The topological polar surface area (TPSA) is 95.9 Å². The van der Waals surface area contributed by atoms with Gasteiger partial charge in [0.05, 0.1) is 17.9 Å². The number of fused-ring (bicyclic) bond motifs is 3. The van der Waals surface area contributed by atoms with Gasteiger partial charge in [0, 0.05) is 19.0 Å². The van der Waals surface area contributed by atoms with Crippen molar-refractivity contribution in [3.8, 4) is 11.1 Å². The highest BCUT2D eigenvalue weighted by molar-refractivity contribution is 5.81. The second kappa shape index (κ2) is 9.12. The largest absolute Gasteiger partial charge is 0.481 e. The molecule has 2 N–H and O–H groups in total. The van der Waals surface area contributed by atoms with Gasteiger partial charge < -0.3 is 20.1 Å². The molecule has 2 aliphatic carbocycles. The van der Waals surface area contributed by atoms with Crippen molar-refractivity contribution in [1.82, 2.24) is 10.2 Å². The average Bonchev–Trinajstić information content (AvgIpc) is 3.56. The van der Waals surface area contributed by atoms with E-state index in [0.29, 0.717) is 13.0 Å². The molecule has 7 nitrogen and oxygen atoms in total. The smallest absolute Gasteiger partial charge is 0.407 e. The molecule has 2 amide bonds. The lowest BCUT2D eigenvalue weighted by Crippen LogP contribution is -2.50. The van der Waals surface area contributed by atoms with Crippen LogP contribution in [0.4, 0.5) is 4.79 Å². The van der Waals surface area contributed by atoms with E-state index in [4.69, 9.17) is 4.74 Å². The summed E-state index contributed by atoms with van der Waals surface area (Å²) in [6.45, 7) is 0.933. The van der Waals surface area contributed by atoms with Crippen LogP contribution in [0.15, 0.2) is 48.5 Å². The van der Waals surface area contributed by atoms with Crippen molar-refractivity contribution >= 4 is 18.0 Å². The van der Waals surface area contributed by atoms with E-state index < -0.39 is 23.5 Å². The van der Waals surface area contributed by atoms with Gasteiger partial charge in [-0.25, -0.2) is 4.79 Å². The summed E-state index contributed by atoms with van der Waals surface area (Å²) in [5, 5.41) is 12.3. The maximum Gasteiger partial charge on any atom is 0.407 e. The molecule has 7 heteroatoms. The van der Waals surface area contributed by atoms with Crippen molar-refractivity contribution < 1.29 is 24.2 Å². The third-order valence-electron chi connectivity index (χ3n) is 7.65. The van der Waals surface area contributed by atoms with E-state index in [1.165, 1.54) is 11.1 Å². The van der Waals surface area contributed by atoms with Gasteiger partial charge in [-0.05, 0) is 41.5 Å². The van der Waals surface area contributed by atoms with E-state index in [9.17, 15) is 19.5 Å². The average molecular weight is 463 g/mol. The number of aliphatic carboxylic acids is 1. The first kappa shape index (κ1) is 22.4. The van der Waals surface area contributed by atoms with Gasteiger partial charge in [-0.15, -0.1) is 0 Å². The van der Waals surface area contributed by atoms with Crippen LogP contribution >= 0.6 is 0 Å². The first-order valence-corrected chi connectivity index (χ1v) is 12.1. The third-order valence-corrected chi connectivity index (χ3v) is 7.65. The summed E-state index contributed by atoms with van der Waals surface area (Å²) in [6, 6.07) is 16.4. The van der Waals surface area contributed by atoms with Gasteiger partial charge in [0.1, 0.15) is 6.61 Å². The van der Waals surface area contributed by atoms with Gasteiger partial charge in [0.2, 0.25) is 5.91 Å². The Labute approximate surface area is 199 Å². The Morgan fingerprint density at radius 2 is 1.62 bits per heavy atom. The van der Waals surface area contributed by atoms with E-state index in [-0.39, 0.29) is 31.4 Å². The third kappa shape index (κ3) is 4.27. The molecule has 1 heterocycles. The number of carbonyl (C=O) groups excluding carboxylic acids is 2. The molecule has 0 aromatic heterocycles. The number of carboxylic acids is 1. The normalized spacial score (nSPS) is 20.6. The molecule has 2 aromatic rings. The predicted molar refractivity (Wildman–Crippen MR) is 126 cm³/mol. The summed E-state index contributed by atoms with van der Waals surface area (Å²) in [5.41, 5.74) is 4.04. The van der Waals surface area contributed by atoms with Crippen molar-refractivity contribution in [2.45, 2.75) is 50.0 Å². The van der Waals surface area contributed by atoms with Crippen LogP contribution in [0.1, 0.15) is 55.6 Å². The lowest BCUT2D eigenvalue weighted by atomic mass is 9.92. The highest BCUT2D eigenvalue weighted by atomic mass is 16.5. The number of carboxylic acid groups (broad SMARTS) is 1. The molecule has 34 heavy (non-hydrogen) atoms. The molecule has 2 fully saturated rings. The number of nitrogens with one attached hydrogen (secondary N) is 1. The van der Waals surface area contributed by atoms with Gasteiger partial charge in [-0.3, -0.25) is 9.59 Å². The molecule has 5 rings (SSSR count). The highest BCUT2D eigenvalue weighted by Gasteiger charge is 2.41. The second-order valence-electron chi connectivity index (χ2n) is 9.78. The summed E-state index contributed by atoms with van der Waals surface area (Å²) in [7, 11) is 0. The van der Waals surface area contributed by atoms with E-state index in [1.807, 2.05) is 24.3 Å². The first-order chi connectivity index (χ1) is 16.5. The van der Waals surface area contributed by atoms with Gasteiger partial charge in [-0.1, -0.05) is 61.4 Å². The van der Waals surface area contributed by atoms with Gasteiger partial charge in [0.25, 0.3) is 0 Å². The molecule has 0 spiro atoms. The lowest BCUT2D eigenvalue weighted by Gasteiger charge is -2.31. The Balaban J connectivity index is 1.23. The second-order valence-corrected chi connectivity index (χ2v) is 9.78. The lowest BCUT2D eigenvalue weighted by molar-refractivity contribution is -0.141. The Hall–Kier alpha value is -3.35. The molecule has 178 valence electrons. The molecule has 3 aliphatic rings. The number of amides is 2. The number of nitrogens with zero attached hydrogens (tertiary/aromatic N) is 1. The van der Waals surface area contributed by atoms with Crippen molar-refractivity contribution in [2.24, 2.45) is 5.92 Å². The summed E-state index contributed by atoms with van der Waals surface area (Å²) in [5.74, 6) is -1.47.